The van der Waals surface area contributed by atoms with E-state index in [0.29, 0.717) is 10.8 Å². The van der Waals surface area contributed by atoms with Crippen molar-refractivity contribution in [3.8, 4) is 0 Å². The van der Waals surface area contributed by atoms with E-state index in [2.05, 4.69) is 48.3 Å². The molecule has 0 aliphatic heterocycles. The molecular formula is C18H24S. The minimum atomic E-state index is 0.543. The predicted octanol–water partition coefficient (Wildman–Crippen LogP) is 4.89. The Balaban J connectivity index is 1.74. The molecule has 0 nitrogen and oxygen atoms in total. The van der Waals surface area contributed by atoms with Gasteiger partial charge in [0, 0.05) is 0 Å². The molecule has 4 bridgehead atoms. The summed E-state index contributed by atoms with van der Waals surface area (Å²) in [5, 5.41) is 0. The average molecular weight is 272 g/mol. The lowest BCUT2D eigenvalue weighted by molar-refractivity contribution is -0.0587. The third kappa shape index (κ3) is 1.88. The van der Waals surface area contributed by atoms with Crippen LogP contribution in [0.1, 0.15) is 44.1 Å². The van der Waals surface area contributed by atoms with E-state index >= 15 is 0 Å². The summed E-state index contributed by atoms with van der Waals surface area (Å²) >= 11 is 2.08. The molecule has 1 aromatic carbocycles. The molecule has 0 spiro atoms. The highest BCUT2D eigenvalue weighted by molar-refractivity contribution is 7.98. The van der Waals surface area contributed by atoms with Crippen molar-refractivity contribution in [3.05, 3.63) is 35.9 Å². The maximum absolute atomic E-state index is 2.40. The second kappa shape index (κ2) is 4.28. The first-order valence-corrected chi connectivity index (χ1v) is 9.18. The lowest BCUT2D eigenvalue weighted by atomic mass is 9.43. The lowest BCUT2D eigenvalue weighted by Crippen LogP contribution is -2.54. The van der Waals surface area contributed by atoms with Gasteiger partial charge in [-0.05, 0) is 78.8 Å². The summed E-state index contributed by atoms with van der Waals surface area (Å²) < 4.78 is 0. The summed E-state index contributed by atoms with van der Waals surface area (Å²) in [5.74, 6) is 3.44. The fraction of sp³-hybridized carbons (Fsp3) is 0.667. The van der Waals surface area contributed by atoms with Gasteiger partial charge in [-0.2, -0.15) is 11.8 Å². The third-order valence-corrected chi connectivity index (χ3v) is 6.92. The van der Waals surface area contributed by atoms with Crippen molar-refractivity contribution < 1.29 is 0 Å². The Morgan fingerprint density at radius 3 is 2.37 bits per heavy atom. The molecule has 4 aliphatic rings. The largest absolute Gasteiger partial charge is 0.165 e. The zero-order valence-electron chi connectivity index (χ0n) is 11.9. The zero-order valence-corrected chi connectivity index (χ0v) is 12.7. The van der Waals surface area contributed by atoms with Crippen LogP contribution in [0.3, 0.4) is 0 Å². The van der Waals surface area contributed by atoms with Gasteiger partial charge in [0.05, 0.1) is 0 Å². The molecule has 102 valence electrons. The molecule has 0 aromatic heterocycles. The molecule has 4 saturated carbocycles. The quantitative estimate of drug-likeness (QED) is 0.755. The smallest absolute Gasteiger partial charge is 0.00131 e. The minimum absolute atomic E-state index is 0.543. The fourth-order valence-corrected chi connectivity index (χ4v) is 7.01. The minimum Gasteiger partial charge on any atom is -0.165 e. The van der Waals surface area contributed by atoms with Gasteiger partial charge in [-0.1, -0.05) is 30.3 Å². The maximum Gasteiger partial charge on any atom is -0.00131 e. The summed E-state index contributed by atoms with van der Waals surface area (Å²) in [4.78, 5) is 0. The van der Waals surface area contributed by atoms with Crippen LogP contribution in [-0.2, 0) is 5.41 Å². The summed E-state index contributed by atoms with van der Waals surface area (Å²) in [6.07, 6.45) is 11.3. The number of benzene rings is 1. The Labute approximate surface area is 121 Å². The number of rotatable bonds is 3. The SMILES string of the molecule is CSCC12CC3CC(C1)CC(c1ccccc1)(C3)C2. The molecule has 1 aromatic rings. The first kappa shape index (κ1) is 12.3. The molecule has 1 heteroatoms. The van der Waals surface area contributed by atoms with Crippen molar-refractivity contribution in [2.75, 3.05) is 12.0 Å². The molecule has 0 heterocycles. The van der Waals surface area contributed by atoms with Crippen LogP contribution < -0.4 is 0 Å². The van der Waals surface area contributed by atoms with Crippen molar-refractivity contribution >= 4 is 11.8 Å². The maximum atomic E-state index is 2.40. The summed E-state index contributed by atoms with van der Waals surface area (Å²) in [6, 6.07) is 11.5. The second-order valence-electron chi connectivity index (χ2n) is 7.54. The first-order valence-electron chi connectivity index (χ1n) is 7.78. The van der Waals surface area contributed by atoms with Gasteiger partial charge in [-0.3, -0.25) is 0 Å². The van der Waals surface area contributed by atoms with Crippen molar-refractivity contribution in [2.45, 2.75) is 43.9 Å². The van der Waals surface area contributed by atoms with Crippen LogP contribution in [-0.4, -0.2) is 12.0 Å². The van der Waals surface area contributed by atoms with E-state index in [4.69, 9.17) is 0 Å². The first-order chi connectivity index (χ1) is 9.24. The van der Waals surface area contributed by atoms with Crippen molar-refractivity contribution in [3.63, 3.8) is 0 Å². The van der Waals surface area contributed by atoms with Gasteiger partial charge in [-0.15, -0.1) is 0 Å². The highest BCUT2D eigenvalue weighted by atomic mass is 32.2. The molecule has 0 radical (unpaired) electrons. The van der Waals surface area contributed by atoms with Gasteiger partial charge < -0.3 is 0 Å². The Morgan fingerprint density at radius 2 is 1.74 bits per heavy atom. The van der Waals surface area contributed by atoms with Gasteiger partial charge in [0.15, 0.2) is 0 Å². The molecule has 2 unspecified atom stereocenters. The molecule has 0 N–H and O–H groups in total. The highest BCUT2D eigenvalue weighted by Gasteiger charge is 2.57. The molecule has 0 amide bonds. The van der Waals surface area contributed by atoms with Gasteiger partial charge in [0.25, 0.3) is 0 Å². The number of hydrogen-bond donors (Lipinski definition) is 0. The zero-order chi connectivity index (χ0) is 12.9. The molecule has 4 fully saturated rings. The number of hydrogen-bond acceptors (Lipinski definition) is 1. The van der Waals surface area contributed by atoms with Crippen molar-refractivity contribution in [1.29, 1.82) is 0 Å². The summed E-state index contributed by atoms with van der Waals surface area (Å²) in [5.41, 5.74) is 2.87. The van der Waals surface area contributed by atoms with Gasteiger partial charge in [0.1, 0.15) is 0 Å². The second-order valence-corrected chi connectivity index (χ2v) is 8.41. The fourth-order valence-electron chi connectivity index (χ4n) is 6.06. The molecule has 5 rings (SSSR count). The predicted molar refractivity (Wildman–Crippen MR) is 83.6 cm³/mol. The van der Waals surface area contributed by atoms with Crippen LogP contribution in [0.25, 0.3) is 0 Å². The van der Waals surface area contributed by atoms with Gasteiger partial charge in [0.2, 0.25) is 0 Å². The van der Waals surface area contributed by atoms with Gasteiger partial charge >= 0.3 is 0 Å². The Morgan fingerprint density at radius 1 is 1.05 bits per heavy atom. The van der Waals surface area contributed by atoms with E-state index in [1.54, 1.807) is 5.56 Å². The molecule has 2 atom stereocenters. The Kier molecular flexibility index (Phi) is 2.78. The van der Waals surface area contributed by atoms with E-state index in [1.165, 1.54) is 44.3 Å². The van der Waals surface area contributed by atoms with Crippen molar-refractivity contribution in [1.82, 2.24) is 0 Å². The van der Waals surface area contributed by atoms with E-state index in [0.717, 1.165) is 11.8 Å². The van der Waals surface area contributed by atoms with Gasteiger partial charge in [-0.25, -0.2) is 0 Å². The third-order valence-electron chi connectivity index (χ3n) is 6.02. The monoisotopic (exact) mass is 272 g/mol. The Bertz CT molecular complexity index is 450. The average Bonchev–Trinajstić information content (AvgIpc) is 2.38. The van der Waals surface area contributed by atoms with E-state index in [-0.39, 0.29) is 0 Å². The van der Waals surface area contributed by atoms with Crippen LogP contribution in [0.5, 0.6) is 0 Å². The summed E-state index contributed by atoms with van der Waals surface area (Å²) in [7, 11) is 0. The molecule has 4 aliphatic carbocycles. The highest BCUT2D eigenvalue weighted by Crippen LogP contribution is 2.66. The number of thioether (sulfide) groups is 1. The van der Waals surface area contributed by atoms with E-state index < -0.39 is 0 Å². The van der Waals surface area contributed by atoms with Crippen LogP contribution in [0.2, 0.25) is 0 Å². The van der Waals surface area contributed by atoms with Crippen LogP contribution in [0.4, 0.5) is 0 Å². The molecule has 0 saturated heterocycles. The normalized spacial score (nSPS) is 43.6. The lowest BCUT2D eigenvalue weighted by Gasteiger charge is -2.62. The van der Waals surface area contributed by atoms with Crippen molar-refractivity contribution in [2.24, 2.45) is 17.3 Å². The topological polar surface area (TPSA) is 0 Å². The van der Waals surface area contributed by atoms with E-state index in [1.807, 2.05) is 0 Å². The van der Waals surface area contributed by atoms with Crippen LogP contribution in [0, 0.1) is 17.3 Å². The molecule has 19 heavy (non-hydrogen) atoms. The van der Waals surface area contributed by atoms with Crippen LogP contribution in [0.15, 0.2) is 30.3 Å². The standard InChI is InChI=1S/C18H24S/c1-19-13-17-8-14-7-15(9-17)11-18(10-14,12-17)16-5-3-2-4-6-16/h2-6,14-15H,7-13H2,1H3. The Hall–Kier alpha value is -0.430. The summed E-state index contributed by atoms with van der Waals surface area (Å²) in [6.45, 7) is 0. The van der Waals surface area contributed by atoms with E-state index in [9.17, 15) is 0 Å². The molecular weight excluding hydrogens is 248 g/mol. The van der Waals surface area contributed by atoms with Crippen LogP contribution >= 0.6 is 11.8 Å².